The van der Waals surface area contributed by atoms with E-state index in [9.17, 15) is 10.1 Å². The molecule has 3 aromatic carbocycles. The summed E-state index contributed by atoms with van der Waals surface area (Å²) in [4.78, 5) is 11.3. The molecule has 0 unspecified atom stereocenters. The average Bonchev–Trinajstić information content (AvgIpc) is 2.91. The molecule has 4 heteroatoms. The third-order valence-electron chi connectivity index (χ3n) is 4.76. The van der Waals surface area contributed by atoms with Crippen LogP contribution in [0, 0.1) is 17.0 Å². The fourth-order valence-corrected chi connectivity index (χ4v) is 3.61. The van der Waals surface area contributed by atoms with Crippen molar-refractivity contribution in [2.45, 2.75) is 12.8 Å². The summed E-state index contributed by atoms with van der Waals surface area (Å²) in [5.74, 6) is -0.166. The first-order chi connectivity index (χ1) is 11.6. The van der Waals surface area contributed by atoms with Crippen LogP contribution in [-0.4, -0.2) is 4.92 Å². The Morgan fingerprint density at radius 3 is 2.00 bits per heavy atom. The molecule has 0 saturated carbocycles. The average molecular weight is 316 g/mol. The van der Waals surface area contributed by atoms with Crippen molar-refractivity contribution < 1.29 is 4.92 Å². The normalized spacial score (nSPS) is 12.7. The molecule has 4 rings (SSSR count). The van der Waals surface area contributed by atoms with E-state index >= 15 is 0 Å². The molecule has 0 atom stereocenters. The fourth-order valence-electron chi connectivity index (χ4n) is 3.61. The number of nitrogens with zero attached hydrogens (tertiary/aromatic N) is 1. The highest BCUT2D eigenvalue weighted by Crippen LogP contribution is 2.50. The molecule has 0 radical (unpaired) electrons. The number of rotatable bonds is 2. The number of fused-ring (bicyclic) bond motifs is 3. The van der Waals surface area contributed by atoms with Crippen LogP contribution in [-0.2, 0) is 0 Å². The Labute approximate surface area is 139 Å². The van der Waals surface area contributed by atoms with Crippen LogP contribution in [0.15, 0.2) is 60.7 Å². The molecule has 24 heavy (non-hydrogen) atoms. The van der Waals surface area contributed by atoms with Gasteiger partial charge < -0.3 is 5.73 Å². The first-order valence-electron chi connectivity index (χ1n) is 7.80. The van der Waals surface area contributed by atoms with E-state index in [2.05, 4.69) is 12.1 Å². The van der Waals surface area contributed by atoms with E-state index in [0.717, 1.165) is 27.8 Å². The molecule has 0 amide bonds. The summed E-state index contributed by atoms with van der Waals surface area (Å²) >= 11 is 0. The first-order valence-corrected chi connectivity index (χ1v) is 7.80. The number of aryl methyl sites for hydroxylation is 1. The number of hydrogen-bond donors (Lipinski definition) is 1. The van der Waals surface area contributed by atoms with Gasteiger partial charge in [0.05, 0.1) is 4.92 Å². The Bertz CT molecular complexity index is 934. The van der Waals surface area contributed by atoms with Crippen LogP contribution >= 0.6 is 0 Å². The van der Waals surface area contributed by atoms with Gasteiger partial charge in [0.15, 0.2) is 0 Å². The summed E-state index contributed by atoms with van der Waals surface area (Å²) in [6, 6.07) is 19.5. The maximum absolute atomic E-state index is 11.6. The van der Waals surface area contributed by atoms with Crippen molar-refractivity contribution in [1.29, 1.82) is 0 Å². The molecule has 0 bridgehead atoms. The van der Waals surface area contributed by atoms with Gasteiger partial charge in [0.1, 0.15) is 0 Å². The number of hydrogen-bond acceptors (Lipinski definition) is 3. The maximum Gasteiger partial charge on any atom is 0.273 e. The van der Waals surface area contributed by atoms with Gasteiger partial charge in [-0.25, -0.2) is 0 Å². The minimum absolute atomic E-state index is 0.123. The quantitative estimate of drug-likeness (QED) is 0.332. The summed E-state index contributed by atoms with van der Waals surface area (Å²) < 4.78 is 0. The van der Waals surface area contributed by atoms with Crippen LogP contribution in [0.3, 0.4) is 0 Å². The topological polar surface area (TPSA) is 69.2 Å². The molecule has 3 aromatic rings. The summed E-state index contributed by atoms with van der Waals surface area (Å²) in [7, 11) is 0. The number of nitro benzene ring substituents is 1. The lowest BCUT2D eigenvalue weighted by Gasteiger charge is -2.16. The van der Waals surface area contributed by atoms with E-state index in [1.54, 1.807) is 19.1 Å². The van der Waals surface area contributed by atoms with Crippen molar-refractivity contribution in [2.75, 3.05) is 5.73 Å². The first kappa shape index (κ1) is 14.5. The lowest BCUT2D eigenvalue weighted by molar-refractivity contribution is -0.385. The second-order valence-electron chi connectivity index (χ2n) is 6.13. The molecule has 4 nitrogen and oxygen atoms in total. The van der Waals surface area contributed by atoms with Crippen LogP contribution in [0.4, 0.5) is 11.4 Å². The lowest BCUT2D eigenvalue weighted by Crippen LogP contribution is -2.06. The molecule has 1 aliphatic rings. The zero-order valence-corrected chi connectivity index (χ0v) is 13.2. The molecule has 0 aliphatic heterocycles. The molecule has 2 N–H and O–H groups in total. The number of nitrogens with two attached hydrogens (primary N) is 1. The van der Waals surface area contributed by atoms with Gasteiger partial charge in [-0.2, -0.15) is 0 Å². The summed E-state index contributed by atoms with van der Waals surface area (Å²) in [6.45, 7) is 1.79. The van der Waals surface area contributed by atoms with Gasteiger partial charge in [-0.15, -0.1) is 0 Å². The largest absolute Gasteiger partial charge is 0.398 e. The Morgan fingerprint density at radius 2 is 1.46 bits per heavy atom. The van der Waals surface area contributed by atoms with E-state index in [-0.39, 0.29) is 16.5 Å². The minimum Gasteiger partial charge on any atom is -0.398 e. The van der Waals surface area contributed by atoms with Gasteiger partial charge in [-0.05, 0) is 40.8 Å². The maximum atomic E-state index is 11.6. The minimum atomic E-state index is -0.314. The number of nitrogen functional groups attached to an aromatic ring is 1. The highest BCUT2D eigenvalue weighted by Gasteiger charge is 2.34. The van der Waals surface area contributed by atoms with Gasteiger partial charge in [-0.1, -0.05) is 48.5 Å². The van der Waals surface area contributed by atoms with Crippen molar-refractivity contribution in [3.63, 3.8) is 0 Å². The number of benzene rings is 3. The second-order valence-corrected chi connectivity index (χ2v) is 6.13. The van der Waals surface area contributed by atoms with Gasteiger partial charge in [0.2, 0.25) is 0 Å². The van der Waals surface area contributed by atoms with Gasteiger partial charge in [0.25, 0.3) is 5.69 Å². The van der Waals surface area contributed by atoms with Crippen molar-refractivity contribution in [3.05, 3.63) is 93.0 Å². The van der Waals surface area contributed by atoms with E-state index in [1.165, 1.54) is 0 Å². The van der Waals surface area contributed by atoms with E-state index < -0.39 is 0 Å². The fraction of sp³-hybridized carbons (Fsp3) is 0.100. The van der Waals surface area contributed by atoms with Crippen molar-refractivity contribution in [1.82, 2.24) is 0 Å². The van der Waals surface area contributed by atoms with E-state index in [1.807, 2.05) is 36.4 Å². The summed E-state index contributed by atoms with van der Waals surface area (Å²) in [6.07, 6.45) is 0. The molecule has 0 aromatic heterocycles. The van der Waals surface area contributed by atoms with Crippen LogP contribution in [0.2, 0.25) is 0 Å². The SMILES string of the molecule is Cc1cc([N+](=O)[O-])c(C2c3ccccc3-c3ccccc32)cc1N. The van der Waals surface area contributed by atoms with Crippen LogP contribution < -0.4 is 5.73 Å². The lowest BCUT2D eigenvalue weighted by atomic mass is 9.87. The molecule has 118 valence electrons. The van der Waals surface area contributed by atoms with E-state index in [0.29, 0.717) is 11.3 Å². The van der Waals surface area contributed by atoms with Crippen molar-refractivity contribution >= 4 is 11.4 Å². The van der Waals surface area contributed by atoms with Gasteiger partial charge >= 0.3 is 0 Å². The monoisotopic (exact) mass is 316 g/mol. The predicted octanol–water partition coefficient (Wildman–Crippen LogP) is 4.65. The van der Waals surface area contributed by atoms with Crippen LogP contribution in [0.1, 0.15) is 28.2 Å². The number of anilines is 1. The second kappa shape index (κ2) is 5.20. The Balaban J connectivity index is 2.04. The summed E-state index contributed by atoms with van der Waals surface area (Å²) in [5.41, 5.74) is 12.6. The molecule has 0 spiro atoms. The van der Waals surface area contributed by atoms with Gasteiger partial charge in [-0.3, -0.25) is 10.1 Å². The highest BCUT2D eigenvalue weighted by molar-refractivity contribution is 5.82. The molecule has 1 aliphatic carbocycles. The number of nitro groups is 1. The third kappa shape index (κ3) is 2.00. The predicted molar refractivity (Wildman–Crippen MR) is 95.1 cm³/mol. The summed E-state index contributed by atoms with van der Waals surface area (Å²) in [5, 5.41) is 11.6. The van der Waals surface area contributed by atoms with Crippen LogP contribution in [0.25, 0.3) is 11.1 Å². The zero-order chi connectivity index (χ0) is 16.8. The van der Waals surface area contributed by atoms with Gasteiger partial charge in [0, 0.05) is 23.2 Å². The third-order valence-corrected chi connectivity index (χ3v) is 4.76. The molecule has 0 saturated heterocycles. The Kier molecular flexibility index (Phi) is 3.13. The van der Waals surface area contributed by atoms with Crippen molar-refractivity contribution in [2.24, 2.45) is 0 Å². The smallest absolute Gasteiger partial charge is 0.273 e. The Hall–Kier alpha value is -3.14. The van der Waals surface area contributed by atoms with Crippen molar-refractivity contribution in [3.8, 4) is 11.1 Å². The molecular formula is C20H16N2O2. The van der Waals surface area contributed by atoms with Crippen LogP contribution in [0.5, 0.6) is 0 Å². The Morgan fingerprint density at radius 1 is 0.917 bits per heavy atom. The van der Waals surface area contributed by atoms with E-state index in [4.69, 9.17) is 5.73 Å². The highest BCUT2D eigenvalue weighted by atomic mass is 16.6. The molecule has 0 fully saturated rings. The molecular weight excluding hydrogens is 300 g/mol. The standard InChI is InChI=1S/C20H16N2O2/c1-12-10-19(22(23)24)17(11-18(12)21)20-15-8-4-2-6-13(15)14-7-3-5-9-16(14)20/h2-11,20H,21H2,1H3. The molecule has 0 heterocycles. The zero-order valence-electron chi connectivity index (χ0n) is 13.2.